The molecule has 2 atom stereocenters. The molecule has 0 spiro atoms. The Morgan fingerprint density at radius 2 is 2.04 bits per heavy atom. The van der Waals surface area contributed by atoms with E-state index in [1.54, 1.807) is 0 Å². The third-order valence-electron chi connectivity index (χ3n) is 5.79. The van der Waals surface area contributed by atoms with E-state index in [1.165, 1.54) is 4.31 Å². The van der Waals surface area contributed by atoms with Gasteiger partial charge < -0.3 is 9.67 Å². The van der Waals surface area contributed by atoms with E-state index in [0.717, 1.165) is 23.1 Å². The van der Waals surface area contributed by atoms with E-state index in [0.29, 0.717) is 19.6 Å². The van der Waals surface area contributed by atoms with Crippen molar-refractivity contribution >= 4 is 27.0 Å². The molecule has 1 N–H and O–H groups in total. The van der Waals surface area contributed by atoms with Gasteiger partial charge >= 0.3 is 5.97 Å². The van der Waals surface area contributed by atoms with Gasteiger partial charge in [0.15, 0.2) is 0 Å². The summed E-state index contributed by atoms with van der Waals surface area (Å²) >= 11 is 0. The fourth-order valence-corrected chi connectivity index (χ4v) is 5.25. The zero-order valence-corrected chi connectivity index (χ0v) is 15.6. The number of fused-ring (bicyclic) bond motifs is 2. The Labute approximate surface area is 152 Å². The average Bonchev–Trinajstić information content (AvgIpc) is 3.17. The molecule has 0 aliphatic carbocycles. The number of aliphatic carboxylic acids is 1. The fraction of sp³-hybridized carbons (Fsp3) is 0.529. The molecule has 0 bridgehead atoms. The fourth-order valence-electron chi connectivity index (χ4n) is 4.34. The number of sulfonamides is 1. The van der Waals surface area contributed by atoms with Gasteiger partial charge in [-0.25, -0.2) is 17.7 Å². The zero-order chi connectivity index (χ0) is 18.7. The van der Waals surface area contributed by atoms with Crippen LogP contribution in [0.3, 0.4) is 0 Å². The first kappa shape index (κ1) is 17.4. The van der Waals surface area contributed by atoms with E-state index in [1.807, 2.05) is 35.9 Å². The van der Waals surface area contributed by atoms with Gasteiger partial charge in [-0.05, 0) is 12.1 Å². The number of carboxylic acids is 1. The highest BCUT2D eigenvalue weighted by Crippen LogP contribution is 2.44. The van der Waals surface area contributed by atoms with Gasteiger partial charge in [0, 0.05) is 39.1 Å². The van der Waals surface area contributed by atoms with Crippen LogP contribution < -0.4 is 0 Å². The Balaban J connectivity index is 1.58. The van der Waals surface area contributed by atoms with Gasteiger partial charge in [-0.2, -0.15) is 0 Å². The van der Waals surface area contributed by atoms with Crippen LogP contribution in [0.4, 0.5) is 0 Å². The second kappa shape index (κ2) is 5.77. The highest BCUT2D eigenvalue weighted by molar-refractivity contribution is 7.88. The molecule has 2 fully saturated rings. The summed E-state index contributed by atoms with van der Waals surface area (Å²) in [7, 11) is -1.42. The van der Waals surface area contributed by atoms with Crippen LogP contribution in [-0.4, -0.2) is 70.7 Å². The summed E-state index contributed by atoms with van der Waals surface area (Å²) < 4.78 is 27.0. The van der Waals surface area contributed by atoms with Crippen molar-refractivity contribution in [3.05, 3.63) is 30.1 Å². The molecule has 2 aliphatic rings. The van der Waals surface area contributed by atoms with E-state index < -0.39 is 21.4 Å². The van der Waals surface area contributed by atoms with Crippen LogP contribution in [0.25, 0.3) is 11.0 Å². The first-order valence-corrected chi connectivity index (χ1v) is 10.4. The highest BCUT2D eigenvalue weighted by atomic mass is 32.2. The second-order valence-corrected chi connectivity index (χ2v) is 9.44. The van der Waals surface area contributed by atoms with Crippen molar-refractivity contribution in [2.75, 3.05) is 32.4 Å². The maximum Gasteiger partial charge on any atom is 0.312 e. The minimum Gasteiger partial charge on any atom is -0.481 e. The van der Waals surface area contributed by atoms with Crippen molar-refractivity contribution in [2.45, 2.75) is 6.54 Å². The second-order valence-electron chi connectivity index (χ2n) is 7.46. The number of hydrogen-bond donors (Lipinski definition) is 1. The van der Waals surface area contributed by atoms with Crippen LogP contribution in [-0.2, 0) is 28.4 Å². The molecule has 3 heterocycles. The van der Waals surface area contributed by atoms with E-state index in [9.17, 15) is 18.3 Å². The third kappa shape index (κ3) is 2.62. The minimum absolute atomic E-state index is 0.0465. The monoisotopic (exact) mass is 378 g/mol. The molecule has 2 aromatic rings. The van der Waals surface area contributed by atoms with Gasteiger partial charge in [0.05, 0.1) is 29.2 Å². The largest absolute Gasteiger partial charge is 0.481 e. The van der Waals surface area contributed by atoms with Crippen molar-refractivity contribution < 1.29 is 18.3 Å². The molecular formula is C17H22N4O4S. The maximum atomic E-state index is 12.0. The average molecular weight is 378 g/mol. The standard InChI is InChI=1S/C17H22N4O4S/c1-19-14-6-4-3-5-13(14)18-15(19)9-20-7-12-8-21(26(2,24)25)11-17(12,10-20)16(22)23/h3-6,12H,7-11H2,1-2H3,(H,22,23). The summed E-state index contributed by atoms with van der Waals surface area (Å²) in [4.78, 5) is 18.8. The topological polar surface area (TPSA) is 95.7 Å². The lowest BCUT2D eigenvalue weighted by Gasteiger charge is -2.24. The van der Waals surface area contributed by atoms with Crippen molar-refractivity contribution in [2.24, 2.45) is 18.4 Å². The van der Waals surface area contributed by atoms with Crippen molar-refractivity contribution in [1.29, 1.82) is 0 Å². The van der Waals surface area contributed by atoms with Gasteiger partial charge in [0.1, 0.15) is 5.82 Å². The summed E-state index contributed by atoms with van der Waals surface area (Å²) in [6, 6.07) is 7.87. The molecule has 1 aromatic heterocycles. The number of hydrogen-bond acceptors (Lipinski definition) is 5. The molecule has 140 valence electrons. The molecule has 1 aromatic carbocycles. The molecule has 2 saturated heterocycles. The molecule has 0 amide bonds. The van der Waals surface area contributed by atoms with Gasteiger partial charge in [0.25, 0.3) is 0 Å². The summed E-state index contributed by atoms with van der Waals surface area (Å²) in [5.74, 6) is -0.239. The molecular weight excluding hydrogens is 356 g/mol. The van der Waals surface area contributed by atoms with E-state index in [2.05, 4.69) is 9.88 Å². The maximum absolute atomic E-state index is 12.0. The van der Waals surface area contributed by atoms with Crippen LogP contribution in [0.2, 0.25) is 0 Å². The number of carboxylic acid groups (broad SMARTS) is 1. The summed E-state index contributed by atoms with van der Waals surface area (Å²) in [6.45, 7) is 1.76. The van der Waals surface area contributed by atoms with Crippen LogP contribution in [0.5, 0.6) is 0 Å². The van der Waals surface area contributed by atoms with Crippen molar-refractivity contribution in [3.8, 4) is 0 Å². The number of benzene rings is 1. The van der Waals surface area contributed by atoms with Gasteiger partial charge in [0.2, 0.25) is 10.0 Å². The lowest BCUT2D eigenvalue weighted by Crippen LogP contribution is -2.41. The Morgan fingerprint density at radius 1 is 1.31 bits per heavy atom. The van der Waals surface area contributed by atoms with Gasteiger partial charge in [-0.1, -0.05) is 12.1 Å². The molecule has 8 nitrogen and oxygen atoms in total. The predicted octanol–water partition coefficient (Wildman–Crippen LogP) is 0.351. The summed E-state index contributed by atoms with van der Waals surface area (Å²) in [6.07, 6.45) is 1.14. The van der Waals surface area contributed by atoms with E-state index in [4.69, 9.17) is 0 Å². The lowest BCUT2D eigenvalue weighted by atomic mass is 9.81. The van der Waals surface area contributed by atoms with Gasteiger partial charge in [-0.3, -0.25) is 9.69 Å². The SMILES string of the molecule is Cn1c(CN2CC3CN(S(C)(=O)=O)CC3(C(=O)O)C2)nc2ccccc21. The quantitative estimate of drug-likeness (QED) is 0.825. The Hall–Kier alpha value is -1.97. The van der Waals surface area contributed by atoms with Crippen molar-refractivity contribution in [3.63, 3.8) is 0 Å². The van der Waals surface area contributed by atoms with Crippen LogP contribution in [0.1, 0.15) is 5.82 Å². The Bertz CT molecular complexity index is 986. The Morgan fingerprint density at radius 3 is 2.65 bits per heavy atom. The number of aromatic nitrogens is 2. The lowest BCUT2D eigenvalue weighted by molar-refractivity contribution is -0.148. The van der Waals surface area contributed by atoms with E-state index >= 15 is 0 Å². The summed E-state index contributed by atoms with van der Waals surface area (Å²) in [5.41, 5.74) is 0.923. The molecule has 4 rings (SSSR count). The molecule has 0 radical (unpaired) electrons. The number of rotatable bonds is 4. The number of carbonyl (C=O) groups is 1. The van der Waals surface area contributed by atoms with Gasteiger partial charge in [-0.15, -0.1) is 0 Å². The first-order chi connectivity index (χ1) is 12.2. The zero-order valence-electron chi connectivity index (χ0n) is 14.8. The van der Waals surface area contributed by atoms with Crippen molar-refractivity contribution in [1.82, 2.24) is 18.8 Å². The minimum atomic E-state index is -3.38. The molecule has 2 unspecified atom stereocenters. The van der Waals surface area contributed by atoms with Crippen LogP contribution >= 0.6 is 0 Å². The first-order valence-electron chi connectivity index (χ1n) is 8.52. The van der Waals surface area contributed by atoms with Crippen LogP contribution in [0.15, 0.2) is 24.3 Å². The van der Waals surface area contributed by atoms with E-state index in [-0.39, 0.29) is 19.0 Å². The normalized spacial score (nSPS) is 27.2. The third-order valence-corrected chi connectivity index (χ3v) is 7.00. The van der Waals surface area contributed by atoms with Crippen LogP contribution in [0, 0.1) is 11.3 Å². The Kier molecular flexibility index (Phi) is 3.87. The number of imidazole rings is 1. The smallest absolute Gasteiger partial charge is 0.312 e. The molecule has 26 heavy (non-hydrogen) atoms. The molecule has 0 saturated carbocycles. The number of para-hydroxylation sites is 2. The summed E-state index contributed by atoms with van der Waals surface area (Å²) in [5, 5.41) is 9.84. The molecule has 9 heteroatoms. The predicted molar refractivity (Wildman–Crippen MR) is 96.0 cm³/mol. The number of aryl methyl sites for hydroxylation is 1. The highest BCUT2D eigenvalue weighted by Gasteiger charge is 2.59. The number of likely N-dealkylation sites (tertiary alicyclic amines) is 1. The number of nitrogens with zero attached hydrogens (tertiary/aromatic N) is 4. The molecule has 2 aliphatic heterocycles.